The third kappa shape index (κ3) is 7.75. The molecule has 0 heterocycles. The highest BCUT2D eigenvalue weighted by atomic mass is 16.4. The van der Waals surface area contributed by atoms with Crippen molar-refractivity contribution in [3.63, 3.8) is 0 Å². The lowest BCUT2D eigenvalue weighted by atomic mass is 9.71. The molecule has 0 aromatic heterocycles. The molecule has 4 aromatic rings. The lowest BCUT2D eigenvalue weighted by Gasteiger charge is -2.45. The largest absolute Gasteiger partial charge is 0.394 e. The summed E-state index contributed by atoms with van der Waals surface area (Å²) in [5, 5.41) is 68.5. The summed E-state index contributed by atoms with van der Waals surface area (Å²) >= 11 is 0. The molecule has 0 radical (unpaired) electrons. The van der Waals surface area contributed by atoms with E-state index in [1.807, 2.05) is 72.8 Å². The van der Waals surface area contributed by atoms with Gasteiger partial charge in [0, 0.05) is 0 Å². The highest BCUT2D eigenvalue weighted by Crippen LogP contribution is 2.38. The van der Waals surface area contributed by atoms with Crippen molar-refractivity contribution in [1.82, 2.24) is 0 Å². The fourth-order valence-electron chi connectivity index (χ4n) is 4.94. The Bertz CT molecular complexity index is 1570. The van der Waals surface area contributed by atoms with Crippen molar-refractivity contribution in [1.29, 1.82) is 0 Å². The summed E-state index contributed by atoms with van der Waals surface area (Å²) in [7, 11) is 0. The van der Waals surface area contributed by atoms with Crippen molar-refractivity contribution in [2.24, 2.45) is 0 Å². The lowest BCUT2D eigenvalue weighted by molar-refractivity contribution is -0.193. The van der Waals surface area contributed by atoms with E-state index < -0.39 is 36.6 Å². The Hall–Kier alpha value is -4.40. The zero-order valence-corrected chi connectivity index (χ0v) is 24.3. The molecule has 0 bridgehead atoms. The van der Waals surface area contributed by atoms with E-state index in [4.69, 9.17) is 0 Å². The number of hydrogen-bond donors (Lipinski definition) is 6. The number of benzene rings is 4. The minimum atomic E-state index is -2.66. The zero-order valence-electron chi connectivity index (χ0n) is 24.3. The van der Waals surface area contributed by atoms with E-state index in [1.54, 1.807) is 78.9 Å². The topological polar surface area (TPSA) is 121 Å². The van der Waals surface area contributed by atoms with Crippen molar-refractivity contribution in [3.05, 3.63) is 167 Å². The van der Waals surface area contributed by atoms with Crippen LogP contribution in [0, 0.1) is 0 Å². The molecule has 0 fully saturated rings. The zero-order chi connectivity index (χ0) is 31.4. The van der Waals surface area contributed by atoms with E-state index in [2.05, 4.69) is 0 Å². The van der Waals surface area contributed by atoms with Gasteiger partial charge in [-0.1, -0.05) is 146 Å². The molecule has 0 spiro atoms. The average Bonchev–Trinajstić information content (AvgIpc) is 3.08. The molecular weight excluding hydrogens is 552 g/mol. The van der Waals surface area contributed by atoms with Gasteiger partial charge >= 0.3 is 0 Å². The molecule has 44 heavy (non-hydrogen) atoms. The highest BCUT2D eigenvalue weighted by Gasteiger charge is 2.55. The van der Waals surface area contributed by atoms with Crippen LogP contribution in [0.15, 0.2) is 145 Å². The molecule has 0 aliphatic heterocycles. The van der Waals surface area contributed by atoms with E-state index in [1.165, 1.54) is 6.08 Å². The molecule has 6 heteroatoms. The normalized spacial score (nSPS) is 16.9. The fourth-order valence-corrected chi connectivity index (χ4v) is 4.94. The maximum atomic E-state index is 12.3. The summed E-state index contributed by atoms with van der Waals surface area (Å²) in [6.07, 6.45) is 5.42. The fraction of sp³-hybridized carbons (Fsp3) is 0.158. The minimum absolute atomic E-state index is 0.000391. The van der Waals surface area contributed by atoms with Crippen LogP contribution in [0.4, 0.5) is 0 Å². The van der Waals surface area contributed by atoms with Crippen molar-refractivity contribution in [2.45, 2.75) is 23.4 Å². The van der Waals surface area contributed by atoms with Gasteiger partial charge in [0.2, 0.25) is 0 Å². The quantitative estimate of drug-likeness (QED) is 0.125. The van der Waals surface area contributed by atoms with E-state index >= 15 is 0 Å². The summed E-state index contributed by atoms with van der Waals surface area (Å²) in [4.78, 5) is 0. The molecule has 4 aromatic carbocycles. The molecule has 0 saturated heterocycles. The van der Waals surface area contributed by atoms with Crippen LogP contribution in [0.25, 0.3) is 24.3 Å². The van der Waals surface area contributed by atoms with Crippen LogP contribution < -0.4 is 0 Å². The average molecular weight is 591 g/mol. The van der Waals surface area contributed by atoms with Crippen molar-refractivity contribution < 1.29 is 30.6 Å². The van der Waals surface area contributed by atoms with Gasteiger partial charge in [0.1, 0.15) is 23.4 Å². The van der Waals surface area contributed by atoms with Crippen LogP contribution in [-0.4, -0.2) is 67.3 Å². The van der Waals surface area contributed by atoms with Gasteiger partial charge in [-0.2, -0.15) is 0 Å². The monoisotopic (exact) mass is 590 g/mol. The first-order valence-corrected chi connectivity index (χ1v) is 14.3. The van der Waals surface area contributed by atoms with Gasteiger partial charge < -0.3 is 30.6 Å². The molecule has 0 aliphatic rings. The summed E-state index contributed by atoms with van der Waals surface area (Å²) in [5.74, 6) is 0. The maximum Gasteiger partial charge on any atom is 0.147 e. The van der Waals surface area contributed by atoms with Crippen molar-refractivity contribution >= 4 is 24.3 Å². The van der Waals surface area contributed by atoms with Crippen molar-refractivity contribution in [2.75, 3.05) is 13.2 Å². The first-order chi connectivity index (χ1) is 21.3. The van der Waals surface area contributed by atoms with Crippen LogP contribution in [0.2, 0.25) is 0 Å². The van der Waals surface area contributed by atoms with E-state index in [0.717, 1.165) is 11.1 Å². The van der Waals surface area contributed by atoms with Gasteiger partial charge in [-0.05, 0) is 45.6 Å². The standard InChI is InChI=1S/C38H38O6/c39-27-35(41)38(44,34(26-32-19-11-4-12-20-32)24-22-30-15-7-2-8-16-30)36(42)37(43,28-40)33(25-31-17-9-3-10-18-31)23-21-29-13-5-1-6-14-29/h1-26,35-36,39-44H,27-28H2/t35-,36-,37-,38-/m1/s1. The third-order valence-electron chi connectivity index (χ3n) is 7.51. The van der Waals surface area contributed by atoms with Gasteiger partial charge in [0.15, 0.2) is 0 Å². The van der Waals surface area contributed by atoms with E-state index in [0.29, 0.717) is 11.1 Å². The summed E-state index contributed by atoms with van der Waals surface area (Å²) < 4.78 is 0. The van der Waals surface area contributed by atoms with Crippen LogP contribution in [0.3, 0.4) is 0 Å². The maximum absolute atomic E-state index is 12.3. The van der Waals surface area contributed by atoms with Crippen LogP contribution in [0.5, 0.6) is 0 Å². The molecule has 226 valence electrons. The molecule has 4 atom stereocenters. The first kappa shape index (κ1) is 32.5. The molecule has 0 unspecified atom stereocenters. The molecular formula is C38H38O6. The Kier molecular flexibility index (Phi) is 11.4. The van der Waals surface area contributed by atoms with Gasteiger partial charge in [0.25, 0.3) is 0 Å². The minimum Gasteiger partial charge on any atom is -0.394 e. The third-order valence-corrected chi connectivity index (χ3v) is 7.51. The molecule has 6 nitrogen and oxygen atoms in total. The second kappa shape index (κ2) is 15.4. The summed E-state index contributed by atoms with van der Waals surface area (Å²) in [6, 6.07) is 36.5. The highest BCUT2D eigenvalue weighted by molar-refractivity contribution is 5.67. The van der Waals surface area contributed by atoms with E-state index in [9.17, 15) is 30.6 Å². The van der Waals surface area contributed by atoms with Crippen LogP contribution in [-0.2, 0) is 0 Å². The van der Waals surface area contributed by atoms with Crippen LogP contribution in [0.1, 0.15) is 22.3 Å². The Morgan fingerprint density at radius 2 is 0.909 bits per heavy atom. The molecule has 4 rings (SSSR count). The Morgan fingerprint density at radius 3 is 1.30 bits per heavy atom. The number of rotatable bonds is 13. The Labute approximate surface area is 258 Å². The summed E-state index contributed by atoms with van der Waals surface area (Å²) in [6.45, 7) is -1.97. The lowest BCUT2D eigenvalue weighted by Crippen LogP contribution is -2.65. The van der Waals surface area contributed by atoms with Gasteiger partial charge in [0.05, 0.1) is 13.2 Å². The van der Waals surface area contributed by atoms with Gasteiger partial charge in [-0.15, -0.1) is 0 Å². The second-order valence-electron chi connectivity index (χ2n) is 10.5. The molecule has 0 saturated carbocycles. The Morgan fingerprint density at radius 1 is 0.545 bits per heavy atom. The number of hydrogen-bond acceptors (Lipinski definition) is 6. The van der Waals surface area contributed by atoms with E-state index in [-0.39, 0.29) is 11.1 Å². The molecule has 0 aliphatic carbocycles. The van der Waals surface area contributed by atoms with Crippen molar-refractivity contribution in [3.8, 4) is 0 Å². The first-order valence-electron chi connectivity index (χ1n) is 14.3. The predicted octanol–water partition coefficient (Wildman–Crippen LogP) is 4.75. The predicted molar refractivity (Wildman–Crippen MR) is 176 cm³/mol. The van der Waals surface area contributed by atoms with Gasteiger partial charge in [-0.25, -0.2) is 0 Å². The number of aliphatic hydroxyl groups excluding tert-OH is 4. The SMILES string of the molecule is OC[C@@H](O)[C@](O)(C(C=Cc1ccccc1)=Cc1ccccc1)[C@H](O)[C@@](O)(CO)C(C=Cc1ccccc1)=Cc1ccccc1. The Balaban J connectivity index is 1.90. The smallest absolute Gasteiger partial charge is 0.147 e. The molecule has 0 amide bonds. The number of aliphatic hydroxyl groups is 6. The molecule has 6 N–H and O–H groups in total. The summed E-state index contributed by atoms with van der Waals surface area (Å²) in [5.41, 5.74) is -2.25. The van der Waals surface area contributed by atoms with Gasteiger partial charge in [-0.3, -0.25) is 0 Å². The second-order valence-corrected chi connectivity index (χ2v) is 10.5. The van der Waals surface area contributed by atoms with Crippen LogP contribution >= 0.6 is 0 Å².